The Morgan fingerprint density at radius 3 is 2.58 bits per heavy atom. The minimum Gasteiger partial charge on any atom is -0.478 e. The summed E-state index contributed by atoms with van der Waals surface area (Å²) < 4.78 is 13.7. The van der Waals surface area contributed by atoms with Gasteiger partial charge in [-0.1, -0.05) is 24.3 Å². The average molecular weight is 327 g/mol. The fourth-order valence-electron chi connectivity index (χ4n) is 3.00. The van der Waals surface area contributed by atoms with Crippen LogP contribution < -0.4 is 0 Å². The number of carbonyl (C=O) groups is 2. The fraction of sp³-hybridized carbons (Fsp3) is 0.263. The lowest BCUT2D eigenvalue weighted by Crippen LogP contribution is -2.36. The number of halogens is 1. The molecule has 1 N–H and O–H groups in total. The van der Waals surface area contributed by atoms with Gasteiger partial charge in [-0.05, 0) is 47.7 Å². The van der Waals surface area contributed by atoms with E-state index >= 15 is 0 Å². The molecule has 0 atom stereocenters. The zero-order valence-electron chi connectivity index (χ0n) is 13.2. The quantitative estimate of drug-likeness (QED) is 0.939. The zero-order valence-corrected chi connectivity index (χ0v) is 13.2. The number of aryl methyl sites for hydroxylation is 1. The second-order valence-electron chi connectivity index (χ2n) is 5.94. The van der Waals surface area contributed by atoms with Crippen molar-refractivity contribution in [2.45, 2.75) is 25.8 Å². The van der Waals surface area contributed by atoms with Crippen molar-refractivity contribution in [2.24, 2.45) is 0 Å². The van der Waals surface area contributed by atoms with Gasteiger partial charge in [-0.3, -0.25) is 4.79 Å². The fourth-order valence-corrected chi connectivity index (χ4v) is 3.00. The number of hydrogen-bond acceptors (Lipinski definition) is 2. The second-order valence-corrected chi connectivity index (χ2v) is 5.94. The number of hydrogen-bond donors (Lipinski definition) is 1. The molecule has 4 nitrogen and oxygen atoms in total. The molecular formula is C19H18FNO3. The van der Waals surface area contributed by atoms with Gasteiger partial charge in [0.15, 0.2) is 0 Å². The highest BCUT2D eigenvalue weighted by molar-refractivity contribution is 5.87. The molecule has 0 aromatic heterocycles. The van der Waals surface area contributed by atoms with Crippen molar-refractivity contribution in [1.82, 2.24) is 4.90 Å². The van der Waals surface area contributed by atoms with E-state index in [0.717, 1.165) is 11.1 Å². The third kappa shape index (κ3) is 3.45. The van der Waals surface area contributed by atoms with E-state index < -0.39 is 5.97 Å². The van der Waals surface area contributed by atoms with Crippen LogP contribution in [-0.2, 0) is 24.2 Å². The minimum absolute atomic E-state index is 0.0345. The average Bonchev–Trinajstić information content (AvgIpc) is 2.60. The van der Waals surface area contributed by atoms with E-state index in [9.17, 15) is 14.0 Å². The first kappa shape index (κ1) is 16.2. The highest BCUT2D eigenvalue weighted by Crippen LogP contribution is 2.22. The molecule has 0 fully saturated rings. The molecule has 0 saturated carbocycles. The molecule has 124 valence electrons. The van der Waals surface area contributed by atoms with Gasteiger partial charge >= 0.3 is 5.97 Å². The normalized spacial score (nSPS) is 13.5. The van der Waals surface area contributed by atoms with Crippen LogP contribution in [0.1, 0.15) is 33.5 Å². The van der Waals surface area contributed by atoms with E-state index in [1.165, 1.54) is 6.07 Å². The molecule has 3 rings (SSSR count). The summed E-state index contributed by atoms with van der Waals surface area (Å²) >= 11 is 0. The lowest BCUT2D eigenvalue weighted by atomic mass is 9.98. The monoisotopic (exact) mass is 327 g/mol. The number of carboxylic acid groups (broad SMARTS) is 1. The van der Waals surface area contributed by atoms with Crippen LogP contribution in [0.15, 0.2) is 42.5 Å². The van der Waals surface area contributed by atoms with Crippen molar-refractivity contribution in [1.29, 1.82) is 0 Å². The Morgan fingerprint density at radius 1 is 1.12 bits per heavy atom. The van der Waals surface area contributed by atoms with Crippen LogP contribution in [-0.4, -0.2) is 28.4 Å². The predicted molar refractivity (Wildman–Crippen MR) is 87.2 cm³/mol. The van der Waals surface area contributed by atoms with Crippen molar-refractivity contribution in [2.75, 3.05) is 6.54 Å². The minimum atomic E-state index is -0.961. The van der Waals surface area contributed by atoms with E-state index in [1.54, 1.807) is 35.2 Å². The van der Waals surface area contributed by atoms with Gasteiger partial charge in [0.25, 0.3) is 0 Å². The Labute approximate surface area is 139 Å². The van der Waals surface area contributed by atoms with Gasteiger partial charge in [-0.2, -0.15) is 0 Å². The Balaban J connectivity index is 1.59. The van der Waals surface area contributed by atoms with Crippen LogP contribution in [0.4, 0.5) is 4.39 Å². The van der Waals surface area contributed by atoms with E-state index in [-0.39, 0.29) is 17.3 Å². The van der Waals surface area contributed by atoms with Crippen LogP contribution in [0.2, 0.25) is 0 Å². The summed E-state index contributed by atoms with van der Waals surface area (Å²) in [6.45, 7) is 0.981. The van der Waals surface area contributed by atoms with E-state index in [0.29, 0.717) is 37.9 Å². The van der Waals surface area contributed by atoms with E-state index in [2.05, 4.69) is 0 Å². The molecule has 2 aromatic rings. The lowest BCUT2D eigenvalue weighted by Gasteiger charge is -2.29. The number of benzene rings is 2. The van der Waals surface area contributed by atoms with Crippen molar-refractivity contribution < 1.29 is 19.1 Å². The number of amides is 1. The summed E-state index contributed by atoms with van der Waals surface area (Å²) in [5.41, 5.74) is 2.75. The summed E-state index contributed by atoms with van der Waals surface area (Å²) in [6.07, 6.45) is 1.46. The molecular weight excluding hydrogens is 309 g/mol. The molecule has 0 saturated heterocycles. The van der Waals surface area contributed by atoms with Gasteiger partial charge in [0, 0.05) is 19.5 Å². The van der Waals surface area contributed by atoms with Gasteiger partial charge in [-0.25, -0.2) is 9.18 Å². The predicted octanol–water partition coefficient (Wildman–Crippen LogP) is 3.04. The molecule has 1 heterocycles. The van der Waals surface area contributed by atoms with Crippen LogP contribution in [0, 0.1) is 5.82 Å². The Bertz CT molecular complexity index is 771. The first-order chi connectivity index (χ1) is 11.5. The molecule has 1 aliphatic rings. The van der Waals surface area contributed by atoms with Gasteiger partial charge in [0.1, 0.15) is 5.82 Å². The first-order valence-electron chi connectivity index (χ1n) is 7.91. The van der Waals surface area contributed by atoms with Crippen LogP contribution in [0.5, 0.6) is 0 Å². The van der Waals surface area contributed by atoms with Crippen molar-refractivity contribution in [3.63, 3.8) is 0 Å². The van der Waals surface area contributed by atoms with Crippen LogP contribution in [0.3, 0.4) is 0 Å². The second kappa shape index (κ2) is 6.83. The van der Waals surface area contributed by atoms with Crippen LogP contribution in [0.25, 0.3) is 0 Å². The summed E-state index contributed by atoms with van der Waals surface area (Å²) in [7, 11) is 0. The van der Waals surface area contributed by atoms with Gasteiger partial charge in [0.05, 0.1) is 5.56 Å². The molecule has 0 spiro atoms. The van der Waals surface area contributed by atoms with Gasteiger partial charge in [0.2, 0.25) is 5.91 Å². The Hall–Kier alpha value is -2.69. The molecule has 2 aromatic carbocycles. The van der Waals surface area contributed by atoms with Crippen LogP contribution >= 0.6 is 0 Å². The SMILES string of the molecule is O=C(O)c1ccc(CCC(=O)N2CCc3c(F)cccc3C2)cc1. The number of aromatic carboxylic acids is 1. The highest BCUT2D eigenvalue weighted by atomic mass is 19.1. The third-order valence-electron chi connectivity index (χ3n) is 4.39. The molecule has 1 aliphatic heterocycles. The van der Waals surface area contributed by atoms with Gasteiger partial charge < -0.3 is 10.0 Å². The number of rotatable bonds is 4. The smallest absolute Gasteiger partial charge is 0.335 e. The molecule has 0 bridgehead atoms. The Morgan fingerprint density at radius 2 is 1.88 bits per heavy atom. The highest BCUT2D eigenvalue weighted by Gasteiger charge is 2.22. The van der Waals surface area contributed by atoms with Crippen molar-refractivity contribution in [3.05, 3.63) is 70.5 Å². The van der Waals surface area contributed by atoms with Gasteiger partial charge in [-0.15, -0.1) is 0 Å². The summed E-state index contributed by atoms with van der Waals surface area (Å²) in [5, 5.41) is 8.88. The maximum atomic E-state index is 13.7. The number of carboxylic acids is 1. The molecule has 0 aliphatic carbocycles. The maximum Gasteiger partial charge on any atom is 0.335 e. The standard InChI is InChI=1S/C19H18FNO3/c20-17-3-1-2-15-12-21(11-10-16(15)17)18(22)9-6-13-4-7-14(8-5-13)19(23)24/h1-5,7-8H,6,9-12H2,(H,23,24). The molecule has 1 amide bonds. The molecule has 0 unspecified atom stereocenters. The third-order valence-corrected chi connectivity index (χ3v) is 4.39. The molecule has 5 heteroatoms. The lowest BCUT2D eigenvalue weighted by molar-refractivity contribution is -0.132. The number of nitrogens with zero attached hydrogens (tertiary/aromatic N) is 1. The largest absolute Gasteiger partial charge is 0.478 e. The van der Waals surface area contributed by atoms with Crippen molar-refractivity contribution >= 4 is 11.9 Å². The number of fused-ring (bicyclic) bond motifs is 1. The summed E-state index contributed by atoms with van der Waals surface area (Å²) in [4.78, 5) is 25.0. The van der Waals surface area contributed by atoms with Crippen molar-refractivity contribution in [3.8, 4) is 0 Å². The van der Waals surface area contributed by atoms with E-state index in [1.807, 2.05) is 6.07 Å². The topological polar surface area (TPSA) is 57.6 Å². The first-order valence-corrected chi connectivity index (χ1v) is 7.91. The summed E-state index contributed by atoms with van der Waals surface area (Å²) in [5.74, 6) is -1.12. The molecule has 0 radical (unpaired) electrons. The zero-order chi connectivity index (χ0) is 17.1. The number of carbonyl (C=O) groups excluding carboxylic acids is 1. The summed E-state index contributed by atoms with van der Waals surface area (Å²) in [6, 6.07) is 11.5. The Kier molecular flexibility index (Phi) is 4.60. The molecule has 24 heavy (non-hydrogen) atoms. The maximum absolute atomic E-state index is 13.7. The van der Waals surface area contributed by atoms with E-state index in [4.69, 9.17) is 5.11 Å².